The van der Waals surface area contributed by atoms with Gasteiger partial charge in [-0.25, -0.2) is 0 Å². The molecule has 0 fully saturated rings. The smallest absolute Gasteiger partial charge is 0.143 e. The van der Waals surface area contributed by atoms with Crippen molar-refractivity contribution in [3.8, 4) is 0 Å². The van der Waals surface area contributed by atoms with Crippen LogP contribution >= 0.6 is 0 Å². The van der Waals surface area contributed by atoms with Crippen LogP contribution in [0.25, 0.3) is 0 Å². The maximum atomic E-state index is 10.2. The zero-order valence-corrected chi connectivity index (χ0v) is 10.8. The van der Waals surface area contributed by atoms with Crippen LogP contribution in [0.2, 0.25) is 0 Å². The Morgan fingerprint density at radius 2 is 1.75 bits per heavy atom. The van der Waals surface area contributed by atoms with Crippen LogP contribution in [0.5, 0.6) is 0 Å². The zero-order chi connectivity index (χ0) is 12.4. The van der Waals surface area contributed by atoms with Gasteiger partial charge < -0.3 is 0 Å². The minimum Gasteiger partial charge on any atom is -0.299 e. The minimum atomic E-state index is 0.811. The molecule has 0 aliphatic heterocycles. The van der Waals surface area contributed by atoms with Gasteiger partial charge in [0.25, 0.3) is 0 Å². The molecule has 0 unspecified atom stereocenters. The lowest BCUT2D eigenvalue weighted by Crippen LogP contribution is -1.76. The predicted molar refractivity (Wildman–Crippen MR) is 71.4 cm³/mol. The first-order valence-corrected chi connectivity index (χ1v) is 5.65. The lowest BCUT2D eigenvalue weighted by atomic mass is 10.1. The molecular weight excluding hydrogens is 196 g/mol. The summed E-state index contributed by atoms with van der Waals surface area (Å²) in [6.45, 7) is 8.28. The van der Waals surface area contributed by atoms with Crippen LogP contribution in [-0.4, -0.2) is 6.29 Å². The lowest BCUT2D eigenvalue weighted by molar-refractivity contribution is -0.104. The van der Waals surface area contributed by atoms with E-state index in [2.05, 4.69) is 32.9 Å². The van der Waals surface area contributed by atoms with Crippen LogP contribution in [0.1, 0.15) is 40.5 Å². The first-order valence-electron chi connectivity index (χ1n) is 5.65. The van der Waals surface area contributed by atoms with Crippen LogP contribution in [0.4, 0.5) is 0 Å². The van der Waals surface area contributed by atoms with E-state index < -0.39 is 0 Å². The first kappa shape index (κ1) is 14.6. The quantitative estimate of drug-likeness (QED) is 0.280. The van der Waals surface area contributed by atoms with Gasteiger partial charge in [0.1, 0.15) is 6.29 Å². The molecule has 16 heavy (non-hydrogen) atoms. The molecule has 0 bridgehead atoms. The highest BCUT2D eigenvalue weighted by Crippen LogP contribution is 2.07. The van der Waals surface area contributed by atoms with E-state index in [0.717, 1.165) is 24.7 Å². The van der Waals surface area contributed by atoms with Crippen molar-refractivity contribution in [2.24, 2.45) is 0 Å². The molecule has 0 rings (SSSR count). The molecule has 0 saturated heterocycles. The summed E-state index contributed by atoms with van der Waals surface area (Å²) in [6, 6.07) is 0. The van der Waals surface area contributed by atoms with Gasteiger partial charge >= 0.3 is 0 Å². The summed E-state index contributed by atoms with van der Waals surface area (Å²) in [7, 11) is 0. The summed E-state index contributed by atoms with van der Waals surface area (Å²) >= 11 is 0. The van der Waals surface area contributed by atoms with Crippen molar-refractivity contribution in [2.45, 2.75) is 40.5 Å². The predicted octanol–water partition coefficient (Wildman–Crippen LogP) is 4.38. The van der Waals surface area contributed by atoms with E-state index in [1.165, 1.54) is 11.1 Å². The molecule has 0 heterocycles. The zero-order valence-electron chi connectivity index (χ0n) is 10.8. The van der Waals surface area contributed by atoms with Gasteiger partial charge in [-0.05, 0) is 52.2 Å². The second-order valence-electron chi connectivity index (χ2n) is 4.24. The molecule has 0 aromatic heterocycles. The van der Waals surface area contributed by atoms with Crippen LogP contribution in [0.15, 0.2) is 47.1 Å². The summed E-state index contributed by atoms with van der Waals surface area (Å²) in [5.41, 5.74) is 3.70. The number of carbonyl (C=O) groups is 1. The van der Waals surface area contributed by atoms with Gasteiger partial charge in [0, 0.05) is 0 Å². The summed E-state index contributed by atoms with van der Waals surface area (Å²) in [5.74, 6) is 0. The van der Waals surface area contributed by atoms with E-state index in [9.17, 15) is 4.79 Å². The fourth-order valence-corrected chi connectivity index (χ4v) is 1.20. The number of rotatable bonds is 6. The molecule has 0 amide bonds. The van der Waals surface area contributed by atoms with E-state index in [0.29, 0.717) is 0 Å². The number of hydrogen-bond donors (Lipinski definition) is 0. The fourth-order valence-electron chi connectivity index (χ4n) is 1.20. The van der Waals surface area contributed by atoms with E-state index >= 15 is 0 Å². The Morgan fingerprint density at radius 1 is 1.06 bits per heavy atom. The highest BCUT2D eigenvalue weighted by molar-refractivity contribution is 5.66. The third kappa shape index (κ3) is 9.20. The van der Waals surface area contributed by atoms with Crippen LogP contribution < -0.4 is 0 Å². The standard InChI is InChI=1S/C15H22O/c1-13(2)7-5-8-14(3)9-6-10-15(4)11-12-16/h6-7,9-12H,5,8H2,1-4H3/b10-6+,14-9+,15-11+. The highest BCUT2D eigenvalue weighted by Gasteiger charge is 1.86. The number of hydrogen-bond acceptors (Lipinski definition) is 1. The van der Waals surface area contributed by atoms with E-state index in [1.54, 1.807) is 6.08 Å². The molecule has 0 spiro atoms. The van der Waals surface area contributed by atoms with Crippen LogP contribution in [0.3, 0.4) is 0 Å². The second kappa shape index (κ2) is 8.90. The molecule has 0 aromatic rings. The van der Waals surface area contributed by atoms with E-state index in [4.69, 9.17) is 0 Å². The van der Waals surface area contributed by atoms with E-state index in [-0.39, 0.29) is 0 Å². The maximum absolute atomic E-state index is 10.2. The van der Waals surface area contributed by atoms with Gasteiger partial charge in [-0.1, -0.05) is 35.5 Å². The van der Waals surface area contributed by atoms with E-state index in [1.807, 2.05) is 19.1 Å². The first-order chi connectivity index (χ1) is 7.56. The molecule has 0 atom stereocenters. The van der Waals surface area contributed by atoms with Gasteiger partial charge in [0.2, 0.25) is 0 Å². The second-order valence-corrected chi connectivity index (χ2v) is 4.24. The molecule has 1 heteroatoms. The van der Waals surface area contributed by atoms with Gasteiger partial charge in [-0.15, -0.1) is 0 Å². The number of aldehydes is 1. The fraction of sp³-hybridized carbons (Fsp3) is 0.400. The molecule has 0 aromatic carbocycles. The molecule has 0 radical (unpaired) electrons. The Balaban J connectivity index is 4.09. The Kier molecular flexibility index (Phi) is 8.14. The SMILES string of the molecule is CC(C)=CCC/C(C)=C/C=C/C(C)=C/C=O. The third-order valence-corrected chi connectivity index (χ3v) is 2.16. The van der Waals surface area contributed by atoms with Crippen LogP contribution in [-0.2, 0) is 4.79 Å². The van der Waals surface area contributed by atoms with Crippen molar-refractivity contribution >= 4 is 6.29 Å². The number of carbonyl (C=O) groups excluding carboxylic acids is 1. The average Bonchev–Trinajstić information content (AvgIpc) is 2.17. The largest absolute Gasteiger partial charge is 0.299 e. The summed E-state index contributed by atoms with van der Waals surface area (Å²) in [5, 5.41) is 0. The van der Waals surface area contributed by atoms with Gasteiger partial charge in [-0.2, -0.15) is 0 Å². The van der Waals surface area contributed by atoms with Crippen molar-refractivity contribution in [2.75, 3.05) is 0 Å². The molecule has 0 N–H and O–H groups in total. The molecule has 0 aliphatic carbocycles. The highest BCUT2D eigenvalue weighted by atomic mass is 16.1. The van der Waals surface area contributed by atoms with Crippen molar-refractivity contribution in [3.05, 3.63) is 47.1 Å². The minimum absolute atomic E-state index is 0.811. The molecule has 1 nitrogen and oxygen atoms in total. The number of allylic oxidation sites excluding steroid dienone is 8. The molecular formula is C15H22O. The van der Waals surface area contributed by atoms with Gasteiger partial charge in [0.05, 0.1) is 0 Å². The normalized spacial score (nSPS) is 13.0. The topological polar surface area (TPSA) is 17.1 Å². The van der Waals surface area contributed by atoms with Gasteiger partial charge in [-0.3, -0.25) is 4.79 Å². The summed E-state index contributed by atoms with van der Waals surface area (Å²) in [4.78, 5) is 10.2. The Bertz CT molecular complexity index is 323. The van der Waals surface area contributed by atoms with Crippen molar-refractivity contribution in [1.82, 2.24) is 0 Å². The molecule has 0 saturated carbocycles. The average molecular weight is 218 g/mol. The third-order valence-electron chi connectivity index (χ3n) is 2.16. The van der Waals surface area contributed by atoms with Gasteiger partial charge in [0.15, 0.2) is 0 Å². The Hall–Kier alpha value is -1.37. The maximum Gasteiger partial charge on any atom is 0.143 e. The van der Waals surface area contributed by atoms with Crippen molar-refractivity contribution in [1.29, 1.82) is 0 Å². The Labute approximate surface area is 99.3 Å². The summed E-state index contributed by atoms with van der Waals surface area (Å²) < 4.78 is 0. The summed E-state index contributed by atoms with van der Waals surface area (Å²) in [6.07, 6.45) is 12.8. The lowest BCUT2D eigenvalue weighted by Gasteiger charge is -1.96. The van der Waals surface area contributed by atoms with Crippen LogP contribution in [0, 0.1) is 0 Å². The Morgan fingerprint density at radius 3 is 2.31 bits per heavy atom. The van der Waals surface area contributed by atoms with Crippen molar-refractivity contribution in [3.63, 3.8) is 0 Å². The molecule has 88 valence electrons. The van der Waals surface area contributed by atoms with Crippen molar-refractivity contribution < 1.29 is 4.79 Å². The monoisotopic (exact) mass is 218 g/mol. The molecule has 0 aliphatic rings.